The molecule has 1 amide bonds. The SMILES string of the molecule is O=C(NCC(F)(F)F)[C@@H]1CCCN1Cc1ccccc1[N+](=O)[O-]. The Morgan fingerprint density at radius 3 is 2.74 bits per heavy atom. The summed E-state index contributed by atoms with van der Waals surface area (Å²) in [5.41, 5.74) is 0.377. The lowest BCUT2D eigenvalue weighted by Crippen LogP contribution is -2.45. The van der Waals surface area contributed by atoms with Gasteiger partial charge in [-0.1, -0.05) is 18.2 Å². The van der Waals surface area contributed by atoms with Gasteiger partial charge in [-0.2, -0.15) is 13.2 Å². The molecule has 0 unspecified atom stereocenters. The highest BCUT2D eigenvalue weighted by atomic mass is 19.4. The number of carbonyl (C=O) groups is 1. The van der Waals surface area contributed by atoms with E-state index in [0.29, 0.717) is 24.9 Å². The summed E-state index contributed by atoms with van der Waals surface area (Å²) >= 11 is 0. The summed E-state index contributed by atoms with van der Waals surface area (Å²) in [6, 6.07) is 5.44. The first kappa shape index (κ1) is 17.2. The largest absolute Gasteiger partial charge is 0.405 e. The normalized spacial score (nSPS) is 18.8. The van der Waals surface area contributed by atoms with Gasteiger partial charge in [-0.25, -0.2) is 0 Å². The van der Waals surface area contributed by atoms with Gasteiger partial charge in [0.15, 0.2) is 0 Å². The van der Waals surface area contributed by atoms with Crippen molar-refractivity contribution in [1.82, 2.24) is 10.2 Å². The van der Waals surface area contributed by atoms with E-state index in [9.17, 15) is 28.1 Å². The van der Waals surface area contributed by atoms with Crippen LogP contribution < -0.4 is 5.32 Å². The molecule has 2 rings (SSSR count). The summed E-state index contributed by atoms with van der Waals surface area (Å²) < 4.78 is 36.6. The van der Waals surface area contributed by atoms with E-state index in [1.807, 2.05) is 5.32 Å². The topological polar surface area (TPSA) is 75.5 Å². The molecule has 23 heavy (non-hydrogen) atoms. The van der Waals surface area contributed by atoms with Crippen LogP contribution in [0.1, 0.15) is 18.4 Å². The fourth-order valence-electron chi connectivity index (χ4n) is 2.66. The summed E-state index contributed by atoms with van der Waals surface area (Å²) in [6.45, 7) is -0.709. The van der Waals surface area contributed by atoms with E-state index in [-0.39, 0.29) is 12.2 Å². The number of nitrogens with zero attached hydrogens (tertiary/aromatic N) is 2. The van der Waals surface area contributed by atoms with E-state index in [2.05, 4.69) is 0 Å². The van der Waals surface area contributed by atoms with Crippen molar-refractivity contribution in [3.63, 3.8) is 0 Å². The van der Waals surface area contributed by atoms with Crippen molar-refractivity contribution in [1.29, 1.82) is 0 Å². The molecule has 0 aliphatic carbocycles. The van der Waals surface area contributed by atoms with Crippen LogP contribution in [0.4, 0.5) is 18.9 Å². The van der Waals surface area contributed by atoms with Gasteiger partial charge >= 0.3 is 6.18 Å². The van der Waals surface area contributed by atoms with Crippen LogP contribution in [0.25, 0.3) is 0 Å². The average Bonchev–Trinajstić information content (AvgIpc) is 2.92. The minimum Gasteiger partial charge on any atom is -0.346 e. The molecule has 1 aromatic carbocycles. The molecule has 0 aromatic heterocycles. The second-order valence-electron chi connectivity index (χ2n) is 5.35. The highest BCUT2D eigenvalue weighted by Gasteiger charge is 2.34. The third-order valence-electron chi connectivity index (χ3n) is 3.69. The summed E-state index contributed by atoms with van der Waals surface area (Å²) in [6.07, 6.45) is -3.37. The molecule has 1 aliphatic rings. The van der Waals surface area contributed by atoms with Gasteiger partial charge in [-0.05, 0) is 19.4 Å². The monoisotopic (exact) mass is 331 g/mol. The number of likely N-dealkylation sites (tertiary alicyclic amines) is 1. The van der Waals surface area contributed by atoms with E-state index in [1.165, 1.54) is 6.07 Å². The molecule has 1 heterocycles. The Hall–Kier alpha value is -2.16. The molecule has 1 atom stereocenters. The molecule has 0 radical (unpaired) electrons. The lowest BCUT2D eigenvalue weighted by Gasteiger charge is -2.23. The van der Waals surface area contributed by atoms with E-state index in [4.69, 9.17) is 0 Å². The van der Waals surface area contributed by atoms with Gasteiger partial charge in [-0.3, -0.25) is 19.8 Å². The van der Waals surface area contributed by atoms with E-state index >= 15 is 0 Å². The first-order chi connectivity index (χ1) is 10.8. The molecule has 1 aliphatic heterocycles. The predicted molar refractivity (Wildman–Crippen MR) is 75.6 cm³/mol. The number of alkyl halides is 3. The Balaban J connectivity index is 2.05. The van der Waals surface area contributed by atoms with Gasteiger partial charge in [-0.15, -0.1) is 0 Å². The van der Waals surface area contributed by atoms with Crippen molar-refractivity contribution in [3.05, 3.63) is 39.9 Å². The lowest BCUT2D eigenvalue weighted by atomic mass is 10.1. The molecule has 0 saturated carbocycles. The maximum absolute atomic E-state index is 12.2. The minimum absolute atomic E-state index is 0.0613. The molecule has 6 nitrogen and oxygen atoms in total. The van der Waals surface area contributed by atoms with Crippen LogP contribution >= 0.6 is 0 Å². The zero-order valence-electron chi connectivity index (χ0n) is 12.2. The Bertz CT molecular complexity index is 592. The highest BCUT2D eigenvalue weighted by molar-refractivity contribution is 5.82. The number of nitrogens with one attached hydrogen (secondary N) is 1. The molecular formula is C14H16F3N3O3. The lowest BCUT2D eigenvalue weighted by molar-refractivity contribution is -0.385. The molecule has 9 heteroatoms. The van der Waals surface area contributed by atoms with Crippen LogP contribution in [0.2, 0.25) is 0 Å². The molecule has 1 saturated heterocycles. The standard InChI is InChI=1S/C14H16F3N3O3/c15-14(16,17)9-18-13(21)12-6-3-7-19(12)8-10-4-1-2-5-11(10)20(22)23/h1-2,4-5,12H,3,6-9H2,(H,18,21)/t12-/m0/s1. The number of benzene rings is 1. The average molecular weight is 331 g/mol. The van der Waals surface area contributed by atoms with Gasteiger partial charge in [0.25, 0.3) is 5.69 Å². The third kappa shape index (κ3) is 4.65. The Kier molecular flexibility index (Phi) is 5.19. The summed E-state index contributed by atoms with van der Waals surface area (Å²) in [5.74, 6) is -0.696. The van der Waals surface area contributed by atoms with Crippen molar-refractivity contribution in [2.75, 3.05) is 13.1 Å². The number of nitro groups is 1. The van der Waals surface area contributed by atoms with Crippen LogP contribution in [-0.2, 0) is 11.3 Å². The number of para-hydroxylation sites is 1. The first-order valence-electron chi connectivity index (χ1n) is 7.09. The van der Waals surface area contributed by atoms with Crippen LogP contribution in [0.15, 0.2) is 24.3 Å². The van der Waals surface area contributed by atoms with Gasteiger partial charge < -0.3 is 5.32 Å². The fraction of sp³-hybridized carbons (Fsp3) is 0.500. The maximum atomic E-state index is 12.2. The van der Waals surface area contributed by atoms with E-state index in [0.717, 1.165) is 0 Å². The number of halogens is 3. The smallest absolute Gasteiger partial charge is 0.346 e. The van der Waals surface area contributed by atoms with Crippen molar-refractivity contribution >= 4 is 11.6 Å². The molecule has 0 bridgehead atoms. The molecule has 0 spiro atoms. The van der Waals surface area contributed by atoms with Crippen molar-refractivity contribution in [2.45, 2.75) is 31.6 Å². The van der Waals surface area contributed by atoms with Crippen molar-refractivity contribution in [3.8, 4) is 0 Å². The number of nitro benzene ring substituents is 1. The number of carbonyl (C=O) groups excluding carboxylic acids is 1. The van der Waals surface area contributed by atoms with E-state index < -0.39 is 29.6 Å². The Morgan fingerprint density at radius 2 is 2.09 bits per heavy atom. The molecule has 126 valence electrons. The zero-order valence-corrected chi connectivity index (χ0v) is 12.2. The van der Waals surface area contributed by atoms with Gasteiger partial charge in [0, 0.05) is 18.2 Å². The Morgan fingerprint density at radius 1 is 1.39 bits per heavy atom. The van der Waals surface area contributed by atoms with Gasteiger partial charge in [0.05, 0.1) is 11.0 Å². The first-order valence-corrected chi connectivity index (χ1v) is 7.09. The molecule has 1 N–H and O–H groups in total. The number of hydrogen-bond donors (Lipinski definition) is 1. The van der Waals surface area contributed by atoms with Crippen molar-refractivity contribution < 1.29 is 22.9 Å². The number of rotatable bonds is 5. The predicted octanol–water partition coefficient (Wildman–Crippen LogP) is 2.24. The highest BCUT2D eigenvalue weighted by Crippen LogP contribution is 2.25. The van der Waals surface area contributed by atoms with Crippen molar-refractivity contribution in [2.24, 2.45) is 0 Å². The number of amides is 1. The van der Waals surface area contributed by atoms with Gasteiger partial charge in [0.1, 0.15) is 6.54 Å². The summed E-state index contributed by atoms with van der Waals surface area (Å²) in [4.78, 5) is 24.1. The molecule has 1 aromatic rings. The van der Waals surface area contributed by atoms with Crippen LogP contribution in [-0.4, -0.2) is 41.0 Å². The maximum Gasteiger partial charge on any atom is 0.405 e. The molecule has 1 fully saturated rings. The third-order valence-corrected chi connectivity index (χ3v) is 3.69. The Labute approximate surface area is 130 Å². The second-order valence-corrected chi connectivity index (χ2v) is 5.35. The van der Waals surface area contributed by atoms with Gasteiger partial charge in [0.2, 0.25) is 5.91 Å². The van der Waals surface area contributed by atoms with Crippen LogP contribution in [0.5, 0.6) is 0 Å². The molecular weight excluding hydrogens is 315 g/mol. The zero-order chi connectivity index (χ0) is 17.0. The quantitative estimate of drug-likeness (QED) is 0.663. The summed E-state index contributed by atoms with van der Waals surface area (Å²) in [7, 11) is 0. The summed E-state index contributed by atoms with van der Waals surface area (Å²) in [5, 5.41) is 12.9. The fourth-order valence-corrected chi connectivity index (χ4v) is 2.66. The van der Waals surface area contributed by atoms with Crippen LogP contribution in [0, 0.1) is 10.1 Å². The second kappa shape index (κ2) is 6.95. The minimum atomic E-state index is -4.46. The van der Waals surface area contributed by atoms with Crippen LogP contribution in [0.3, 0.4) is 0 Å². The number of hydrogen-bond acceptors (Lipinski definition) is 4. The van der Waals surface area contributed by atoms with E-state index in [1.54, 1.807) is 23.1 Å².